The number of hydrogen-bond donors (Lipinski definition) is 1. The second-order valence-corrected chi connectivity index (χ2v) is 6.37. The maximum atomic E-state index is 14.3. The average Bonchev–Trinajstić information content (AvgIpc) is 2.95. The molecule has 0 aliphatic carbocycles. The SMILES string of the molecule is O=C(Oc1cc(Cl)c(Cl)cc1Cl)C(F)Cc1c[nH]c2ccccc12. The van der Waals surface area contributed by atoms with Crippen LogP contribution in [0.3, 0.4) is 0 Å². The fourth-order valence-electron chi connectivity index (χ4n) is 2.33. The molecule has 3 nitrogen and oxygen atoms in total. The first-order valence-electron chi connectivity index (χ1n) is 7.01. The first kappa shape index (κ1) is 17.1. The molecule has 1 heterocycles. The lowest BCUT2D eigenvalue weighted by atomic mass is 10.1. The van der Waals surface area contributed by atoms with Crippen LogP contribution in [0.15, 0.2) is 42.6 Å². The number of carbonyl (C=O) groups is 1. The molecule has 3 rings (SSSR count). The van der Waals surface area contributed by atoms with Crippen LogP contribution in [0, 0.1) is 0 Å². The van der Waals surface area contributed by atoms with Crippen LogP contribution in [0.5, 0.6) is 5.75 Å². The fourth-order valence-corrected chi connectivity index (χ4v) is 2.91. The van der Waals surface area contributed by atoms with E-state index in [1.807, 2.05) is 24.3 Å². The van der Waals surface area contributed by atoms with E-state index in [1.165, 1.54) is 12.1 Å². The summed E-state index contributed by atoms with van der Waals surface area (Å²) < 4.78 is 19.3. The highest BCUT2D eigenvalue weighted by Gasteiger charge is 2.23. The highest BCUT2D eigenvalue weighted by atomic mass is 35.5. The molecule has 1 aromatic heterocycles. The number of para-hydroxylation sites is 1. The highest BCUT2D eigenvalue weighted by molar-refractivity contribution is 6.43. The zero-order chi connectivity index (χ0) is 17.3. The highest BCUT2D eigenvalue weighted by Crippen LogP contribution is 2.34. The predicted molar refractivity (Wildman–Crippen MR) is 94.0 cm³/mol. The summed E-state index contributed by atoms with van der Waals surface area (Å²) in [6, 6.07) is 10.1. The van der Waals surface area contributed by atoms with Crippen LogP contribution < -0.4 is 4.74 Å². The Hall–Kier alpha value is -1.75. The Labute approximate surface area is 152 Å². The molecular formula is C17H11Cl3FNO2. The maximum Gasteiger partial charge on any atom is 0.346 e. The lowest BCUT2D eigenvalue weighted by Crippen LogP contribution is -2.24. The molecule has 0 fully saturated rings. The third-order valence-corrected chi connectivity index (χ3v) is 4.53. The number of fused-ring (bicyclic) bond motifs is 1. The van der Waals surface area contributed by atoms with Gasteiger partial charge in [0, 0.05) is 29.6 Å². The summed E-state index contributed by atoms with van der Waals surface area (Å²) in [4.78, 5) is 15.0. The van der Waals surface area contributed by atoms with Crippen molar-refractivity contribution in [3.8, 4) is 5.75 Å². The van der Waals surface area contributed by atoms with E-state index in [0.29, 0.717) is 5.56 Å². The first-order chi connectivity index (χ1) is 11.5. The number of rotatable bonds is 4. The molecule has 0 aliphatic rings. The number of carbonyl (C=O) groups excluding carboxylic acids is 1. The molecule has 0 spiro atoms. The number of halogens is 4. The van der Waals surface area contributed by atoms with E-state index in [-0.39, 0.29) is 27.2 Å². The van der Waals surface area contributed by atoms with Gasteiger partial charge in [0.15, 0.2) is 5.75 Å². The van der Waals surface area contributed by atoms with Crippen LogP contribution in [-0.2, 0) is 11.2 Å². The van der Waals surface area contributed by atoms with Crippen molar-refractivity contribution in [2.45, 2.75) is 12.6 Å². The van der Waals surface area contributed by atoms with Gasteiger partial charge in [0.2, 0.25) is 6.17 Å². The normalized spacial score (nSPS) is 12.3. The van der Waals surface area contributed by atoms with Crippen molar-refractivity contribution >= 4 is 51.7 Å². The topological polar surface area (TPSA) is 42.1 Å². The zero-order valence-electron chi connectivity index (χ0n) is 12.2. The third kappa shape index (κ3) is 3.51. The Morgan fingerprint density at radius 1 is 1.12 bits per heavy atom. The van der Waals surface area contributed by atoms with Gasteiger partial charge in [-0.1, -0.05) is 53.0 Å². The van der Waals surface area contributed by atoms with E-state index in [9.17, 15) is 9.18 Å². The molecule has 1 N–H and O–H groups in total. The number of hydrogen-bond acceptors (Lipinski definition) is 2. The van der Waals surface area contributed by atoms with Gasteiger partial charge < -0.3 is 9.72 Å². The van der Waals surface area contributed by atoms with Crippen molar-refractivity contribution in [1.82, 2.24) is 4.98 Å². The molecule has 0 bridgehead atoms. The number of nitrogens with one attached hydrogen (secondary N) is 1. The second kappa shape index (κ2) is 7.01. The van der Waals surface area contributed by atoms with Crippen molar-refractivity contribution < 1.29 is 13.9 Å². The molecule has 1 atom stereocenters. The number of aromatic amines is 1. The predicted octanol–water partition coefficient (Wildman–Crippen LogP) is 5.61. The number of alkyl halides is 1. The van der Waals surface area contributed by atoms with E-state index >= 15 is 0 Å². The van der Waals surface area contributed by atoms with Crippen molar-refractivity contribution in [3.05, 3.63) is 63.2 Å². The van der Waals surface area contributed by atoms with Gasteiger partial charge in [-0.05, 0) is 17.7 Å². The summed E-state index contributed by atoms with van der Waals surface area (Å²) >= 11 is 17.6. The molecule has 0 saturated carbocycles. The average molecular weight is 387 g/mol. The molecule has 124 valence electrons. The van der Waals surface area contributed by atoms with Crippen LogP contribution in [0.2, 0.25) is 15.1 Å². The number of ether oxygens (including phenoxy) is 1. The quantitative estimate of drug-likeness (QED) is 0.359. The maximum absolute atomic E-state index is 14.3. The number of esters is 1. The van der Waals surface area contributed by atoms with Gasteiger partial charge in [0.1, 0.15) is 0 Å². The summed E-state index contributed by atoms with van der Waals surface area (Å²) in [5, 5.41) is 1.32. The van der Waals surface area contributed by atoms with Crippen molar-refractivity contribution in [3.63, 3.8) is 0 Å². The van der Waals surface area contributed by atoms with Gasteiger partial charge in [-0.2, -0.15) is 0 Å². The number of benzene rings is 2. The van der Waals surface area contributed by atoms with E-state index in [1.54, 1.807) is 6.20 Å². The van der Waals surface area contributed by atoms with E-state index < -0.39 is 12.1 Å². The lowest BCUT2D eigenvalue weighted by Gasteiger charge is -2.10. The summed E-state index contributed by atoms with van der Waals surface area (Å²) in [6.45, 7) is 0. The smallest absolute Gasteiger partial charge is 0.346 e. The van der Waals surface area contributed by atoms with Gasteiger partial charge >= 0.3 is 5.97 Å². The van der Waals surface area contributed by atoms with E-state index in [2.05, 4.69) is 4.98 Å². The molecule has 7 heteroatoms. The standard InChI is InChI=1S/C17H11Cl3FNO2/c18-11-6-13(20)16(7-12(11)19)24-17(23)14(21)5-9-8-22-15-4-2-1-3-10(9)15/h1-4,6-8,14,22H,5H2. The van der Waals surface area contributed by atoms with Crippen LogP contribution in [-0.4, -0.2) is 17.1 Å². The Kier molecular flexibility index (Phi) is 4.99. The summed E-state index contributed by atoms with van der Waals surface area (Å²) in [5.41, 5.74) is 1.57. The Morgan fingerprint density at radius 3 is 2.62 bits per heavy atom. The second-order valence-electron chi connectivity index (χ2n) is 5.15. The Morgan fingerprint density at radius 2 is 1.83 bits per heavy atom. The molecule has 0 radical (unpaired) electrons. The Balaban J connectivity index is 1.74. The molecule has 0 saturated heterocycles. The summed E-state index contributed by atoms with van der Waals surface area (Å²) in [5.74, 6) is -1.07. The van der Waals surface area contributed by atoms with Gasteiger partial charge in [0.25, 0.3) is 0 Å². The monoisotopic (exact) mass is 385 g/mol. The molecular weight excluding hydrogens is 376 g/mol. The van der Waals surface area contributed by atoms with Crippen molar-refractivity contribution in [2.75, 3.05) is 0 Å². The number of H-pyrrole nitrogens is 1. The van der Waals surface area contributed by atoms with E-state index in [4.69, 9.17) is 39.5 Å². The molecule has 0 amide bonds. The van der Waals surface area contributed by atoms with Crippen LogP contribution in [0.25, 0.3) is 10.9 Å². The first-order valence-corrected chi connectivity index (χ1v) is 8.14. The minimum Gasteiger partial charge on any atom is -0.423 e. The largest absolute Gasteiger partial charge is 0.423 e. The third-order valence-electron chi connectivity index (χ3n) is 3.52. The Bertz CT molecular complexity index is 910. The zero-order valence-corrected chi connectivity index (χ0v) is 14.4. The van der Waals surface area contributed by atoms with Gasteiger partial charge in [0.05, 0.1) is 15.1 Å². The molecule has 24 heavy (non-hydrogen) atoms. The van der Waals surface area contributed by atoms with Crippen LogP contribution in [0.4, 0.5) is 4.39 Å². The molecule has 1 unspecified atom stereocenters. The summed E-state index contributed by atoms with van der Waals surface area (Å²) in [6.07, 6.45) is -0.270. The van der Waals surface area contributed by atoms with Crippen LogP contribution in [0.1, 0.15) is 5.56 Å². The lowest BCUT2D eigenvalue weighted by molar-refractivity contribution is -0.139. The number of aromatic nitrogens is 1. The van der Waals surface area contributed by atoms with Crippen molar-refractivity contribution in [2.24, 2.45) is 0 Å². The van der Waals surface area contributed by atoms with Gasteiger partial charge in [-0.25, -0.2) is 9.18 Å². The van der Waals surface area contributed by atoms with Gasteiger partial charge in [-0.3, -0.25) is 0 Å². The van der Waals surface area contributed by atoms with Gasteiger partial charge in [-0.15, -0.1) is 0 Å². The minimum atomic E-state index is -1.84. The summed E-state index contributed by atoms with van der Waals surface area (Å²) in [7, 11) is 0. The minimum absolute atomic E-state index is 0.0300. The van der Waals surface area contributed by atoms with Crippen molar-refractivity contribution in [1.29, 1.82) is 0 Å². The molecule has 0 aliphatic heterocycles. The molecule has 2 aromatic carbocycles. The van der Waals surface area contributed by atoms with Crippen LogP contribution >= 0.6 is 34.8 Å². The fraction of sp³-hybridized carbons (Fsp3) is 0.118. The van der Waals surface area contributed by atoms with E-state index in [0.717, 1.165) is 10.9 Å². The molecule has 3 aromatic rings.